The summed E-state index contributed by atoms with van der Waals surface area (Å²) in [5.41, 5.74) is 1.36. The summed E-state index contributed by atoms with van der Waals surface area (Å²) >= 11 is 1.64. The minimum Gasteiger partial charge on any atom is -0.372 e. The van der Waals surface area contributed by atoms with Crippen LogP contribution in [0.15, 0.2) is 17.8 Å². The Morgan fingerprint density at radius 1 is 1.52 bits per heavy atom. The molecular formula is C17H22N4O3S. The van der Waals surface area contributed by atoms with Crippen molar-refractivity contribution in [1.82, 2.24) is 19.7 Å². The molecule has 25 heavy (non-hydrogen) atoms. The standard InChI is InChI=1S/C17H22N4O3S/c1-12-19-14(9-25-12)8-23-15-3-4-24-17(5-15)10-21(11-17)16(22)13-6-18-20(2)7-13/h6-7,9,15H,3-5,8,10-11H2,1-2H3. The van der Waals surface area contributed by atoms with Crippen LogP contribution in [0.4, 0.5) is 0 Å². The van der Waals surface area contributed by atoms with Crippen molar-refractivity contribution >= 4 is 17.2 Å². The van der Waals surface area contributed by atoms with Gasteiger partial charge in [-0.2, -0.15) is 5.10 Å². The molecule has 134 valence electrons. The fourth-order valence-corrected chi connectivity index (χ4v) is 4.13. The first-order valence-electron chi connectivity index (χ1n) is 8.47. The van der Waals surface area contributed by atoms with E-state index in [1.807, 2.05) is 24.3 Å². The fraction of sp³-hybridized carbons (Fsp3) is 0.588. The van der Waals surface area contributed by atoms with Gasteiger partial charge in [0.1, 0.15) is 5.60 Å². The van der Waals surface area contributed by atoms with Crippen LogP contribution in [-0.2, 0) is 23.1 Å². The zero-order valence-corrected chi connectivity index (χ0v) is 15.3. The molecule has 0 N–H and O–H groups in total. The maximum atomic E-state index is 12.4. The normalized spacial score (nSPS) is 22.2. The average molecular weight is 362 g/mol. The third-order valence-electron chi connectivity index (χ3n) is 4.78. The summed E-state index contributed by atoms with van der Waals surface area (Å²) in [6.45, 7) is 4.46. The van der Waals surface area contributed by atoms with E-state index < -0.39 is 0 Å². The molecule has 0 bridgehead atoms. The predicted molar refractivity (Wildman–Crippen MR) is 92.5 cm³/mol. The van der Waals surface area contributed by atoms with Crippen molar-refractivity contribution in [1.29, 1.82) is 0 Å². The van der Waals surface area contributed by atoms with E-state index in [9.17, 15) is 4.79 Å². The van der Waals surface area contributed by atoms with Crippen molar-refractivity contribution < 1.29 is 14.3 Å². The van der Waals surface area contributed by atoms with Gasteiger partial charge in [0.15, 0.2) is 0 Å². The first-order chi connectivity index (χ1) is 12.0. The topological polar surface area (TPSA) is 69.5 Å². The molecule has 1 amide bonds. The Balaban J connectivity index is 1.30. The van der Waals surface area contributed by atoms with Crippen LogP contribution in [0.3, 0.4) is 0 Å². The van der Waals surface area contributed by atoms with Crippen LogP contribution in [-0.4, -0.2) is 57.0 Å². The van der Waals surface area contributed by atoms with Gasteiger partial charge in [0, 0.05) is 31.7 Å². The van der Waals surface area contributed by atoms with Crippen molar-refractivity contribution in [3.8, 4) is 0 Å². The van der Waals surface area contributed by atoms with Gasteiger partial charge in [0.25, 0.3) is 5.91 Å². The lowest BCUT2D eigenvalue weighted by molar-refractivity contribution is -0.188. The minimum atomic E-state index is -0.251. The molecule has 4 rings (SSSR count). The fourth-order valence-electron chi connectivity index (χ4n) is 3.53. The van der Waals surface area contributed by atoms with Crippen LogP contribution in [0.25, 0.3) is 0 Å². The number of hydrogen-bond donors (Lipinski definition) is 0. The van der Waals surface area contributed by atoms with Crippen molar-refractivity contribution in [3.05, 3.63) is 34.0 Å². The van der Waals surface area contributed by atoms with Crippen LogP contribution in [0, 0.1) is 6.92 Å². The van der Waals surface area contributed by atoms with Gasteiger partial charge in [-0.25, -0.2) is 4.98 Å². The molecule has 8 heteroatoms. The second kappa shape index (κ2) is 6.51. The van der Waals surface area contributed by atoms with E-state index in [2.05, 4.69) is 10.1 Å². The molecule has 4 heterocycles. The monoisotopic (exact) mass is 362 g/mol. The van der Waals surface area contributed by atoms with Crippen LogP contribution in [0.2, 0.25) is 0 Å². The molecule has 2 saturated heterocycles. The molecule has 1 atom stereocenters. The molecule has 7 nitrogen and oxygen atoms in total. The van der Waals surface area contributed by atoms with E-state index in [1.54, 1.807) is 28.4 Å². The molecular weight excluding hydrogens is 340 g/mol. The Morgan fingerprint density at radius 3 is 3.04 bits per heavy atom. The second-order valence-electron chi connectivity index (χ2n) is 6.88. The van der Waals surface area contributed by atoms with Crippen molar-refractivity contribution in [2.24, 2.45) is 7.05 Å². The lowest BCUT2D eigenvalue weighted by Gasteiger charge is -2.52. The van der Waals surface area contributed by atoms with E-state index in [1.165, 1.54) is 0 Å². The molecule has 2 aliphatic heterocycles. The van der Waals surface area contributed by atoms with E-state index in [-0.39, 0.29) is 17.6 Å². The van der Waals surface area contributed by atoms with Crippen molar-refractivity contribution in [3.63, 3.8) is 0 Å². The number of hydrogen-bond acceptors (Lipinski definition) is 6. The molecule has 0 radical (unpaired) electrons. The molecule has 2 fully saturated rings. The maximum Gasteiger partial charge on any atom is 0.257 e. The summed E-state index contributed by atoms with van der Waals surface area (Å²) in [6.07, 6.45) is 5.23. The Bertz CT molecular complexity index is 766. The van der Waals surface area contributed by atoms with Crippen molar-refractivity contribution in [2.45, 2.75) is 38.1 Å². The third-order valence-corrected chi connectivity index (χ3v) is 5.60. The summed E-state index contributed by atoms with van der Waals surface area (Å²) in [5.74, 6) is 0.0170. The number of aromatic nitrogens is 3. The van der Waals surface area contributed by atoms with Gasteiger partial charge in [0.05, 0.1) is 48.3 Å². The zero-order chi connectivity index (χ0) is 17.4. The van der Waals surface area contributed by atoms with Gasteiger partial charge < -0.3 is 14.4 Å². The van der Waals surface area contributed by atoms with Gasteiger partial charge in [-0.3, -0.25) is 9.48 Å². The lowest BCUT2D eigenvalue weighted by Crippen LogP contribution is -2.67. The molecule has 1 unspecified atom stereocenters. The molecule has 2 aliphatic rings. The van der Waals surface area contributed by atoms with E-state index in [4.69, 9.17) is 9.47 Å². The number of aryl methyl sites for hydroxylation is 2. The highest BCUT2D eigenvalue weighted by molar-refractivity contribution is 7.09. The zero-order valence-electron chi connectivity index (χ0n) is 14.5. The SMILES string of the molecule is Cc1nc(COC2CCOC3(C2)CN(C(=O)c2cnn(C)c2)C3)cs1. The summed E-state index contributed by atoms with van der Waals surface area (Å²) in [4.78, 5) is 18.7. The third kappa shape index (κ3) is 3.47. The maximum absolute atomic E-state index is 12.4. The van der Waals surface area contributed by atoms with Gasteiger partial charge >= 0.3 is 0 Å². The van der Waals surface area contributed by atoms with Crippen LogP contribution in [0.1, 0.15) is 33.9 Å². The summed E-state index contributed by atoms with van der Waals surface area (Å²) < 4.78 is 13.7. The van der Waals surface area contributed by atoms with Crippen LogP contribution >= 0.6 is 11.3 Å². The number of thiazole rings is 1. The summed E-state index contributed by atoms with van der Waals surface area (Å²) in [5, 5.41) is 7.17. The van der Waals surface area contributed by atoms with E-state index >= 15 is 0 Å². The summed E-state index contributed by atoms with van der Waals surface area (Å²) in [6, 6.07) is 0. The number of carbonyl (C=O) groups is 1. The molecule has 2 aromatic rings. The number of likely N-dealkylation sites (tertiary alicyclic amines) is 1. The number of nitrogens with zero attached hydrogens (tertiary/aromatic N) is 4. The van der Waals surface area contributed by atoms with Crippen molar-refractivity contribution in [2.75, 3.05) is 19.7 Å². The number of ether oxygens (including phenoxy) is 2. The first-order valence-corrected chi connectivity index (χ1v) is 9.35. The van der Waals surface area contributed by atoms with E-state index in [0.29, 0.717) is 31.9 Å². The van der Waals surface area contributed by atoms with Crippen LogP contribution < -0.4 is 0 Å². The minimum absolute atomic E-state index is 0.0170. The highest BCUT2D eigenvalue weighted by Gasteiger charge is 2.49. The van der Waals surface area contributed by atoms with Gasteiger partial charge in [-0.1, -0.05) is 0 Å². The Morgan fingerprint density at radius 2 is 2.36 bits per heavy atom. The van der Waals surface area contributed by atoms with Gasteiger partial charge in [-0.05, 0) is 13.3 Å². The molecule has 0 aromatic carbocycles. The molecule has 0 saturated carbocycles. The average Bonchev–Trinajstić information content (AvgIpc) is 3.18. The number of rotatable bonds is 4. The number of amides is 1. The lowest BCUT2D eigenvalue weighted by atomic mass is 9.84. The summed E-state index contributed by atoms with van der Waals surface area (Å²) in [7, 11) is 1.81. The Kier molecular flexibility index (Phi) is 4.35. The largest absolute Gasteiger partial charge is 0.372 e. The number of carbonyl (C=O) groups excluding carboxylic acids is 1. The molecule has 0 aliphatic carbocycles. The van der Waals surface area contributed by atoms with Gasteiger partial charge in [-0.15, -0.1) is 11.3 Å². The van der Waals surface area contributed by atoms with Crippen LogP contribution in [0.5, 0.6) is 0 Å². The highest BCUT2D eigenvalue weighted by Crippen LogP contribution is 2.36. The second-order valence-corrected chi connectivity index (χ2v) is 7.94. The Hall–Kier alpha value is -1.77. The molecule has 1 spiro atoms. The predicted octanol–water partition coefficient (Wildman–Crippen LogP) is 1.78. The smallest absolute Gasteiger partial charge is 0.257 e. The highest BCUT2D eigenvalue weighted by atomic mass is 32.1. The quantitative estimate of drug-likeness (QED) is 0.829. The van der Waals surface area contributed by atoms with Gasteiger partial charge in [0.2, 0.25) is 0 Å². The first kappa shape index (κ1) is 16.7. The molecule has 2 aromatic heterocycles. The Labute approximate surface area is 150 Å². The van der Waals surface area contributed by atoms with E-state index in [0.717, 1.165) is 23.5 Å².